The Kier molecular flexibility index (Phi) is 6.78. The van der Waals surface area contributed by atoms with Crippen LogP contribution in [0, 0.1) is 18.3 Å². The number of rotatable bonds is 8. The zero-order valence-corrected chi connectivity index (χ0v) is 13.2. The number of aryl methyl sites for hydroxylation is 1. The first-order chi connectivity index (χ1) is 9.94. The van der Waals surface area contributed by atoms with Crippen molar-refractivity contribution in [3.05, 3.63) is 29.3 Å². The molecule has 0 spiro atoms. The molecule has 0 amide bonds. The van der Waals surface area contributed by atoms with Gasteiger partial charge < -0.3 is 9.47 Å². The second kappa shape index (κ2) is 8.10. The van der Waals surface area contributed by atoms with E-state index in [9.17, 15) is 8.42 Å². The maximum absolute atomic E-state index is 12.2. The maximum atomic E-state index is 12.2. The molecule has 0 saturated carbocycles. The third-order valence-electron chi connectivity index (χ3n) is 2.77. The van der Waals surface area contributed by atoms with E-state index in [4.69, 9.17) is 14.7 Å². The molecular weight excluding hydrogens is 292 g/mol. The third-order valence-corrected chi connectivity index (χ3v) is 4.20. The molecule has 0 saturated heterocycles. The van der Waals surface area contributed by atoms with Crippen molar-refractivity contribution in [1.82, 2.24) is 4.72 Å². The highest BCUT2D eigenvalue weighted by Gasteiger charge is 2.18. The number of nitrogens with one attached hydrogen (secondary N) is 1. The van der Waals surface area contributed by atoms with Gasteiger partial charge in [0.2, 0.25) is 10.0 Å². The van der Waals surface area contributed by atoms with Gasteiger partial charge in [0.1, 0.15) is 0 Å². The van der Waals surface area contributed by atoms with Crippen LogP contribution >= 0.6 is 0 Å². The van der Waals surface area contributed by atoms with Crippen LogP contribution in [0.4, 0.5) is 0 Å². The number of benzene rings is 1. The molecule has 0 fully saturated rings. The van der Waals surface area contributed by atoms with Crippen LogP contribution in [0.25, 0.3) is 0 Å². The quantitative estimate of drug-likeness (QED) is 0.736. The van der Waals surface area contributed by atoms with Crippen LogP contribution in [0.15, 0.2) is 23.1 Å². The second-order valence-corrected chi connectivity index (χ2v) is 6.05. The van der Waals surface area contributed by atoms with Crippen molar-refractivity contribution in [1.29, 1.82) is 5.26 Å². The summed E-state index contributed by atoms with van der Waals surface area (Å²) in [4.78, 5) is 0.116. The molecule has 6 nitrogen and oxygen atoms in total. The maximum Gasteiger partial charge on any atom is 0.240 e. The lowest BCUT2D eigenvalue weighted by Crippen LogP contribution is -2.35. The number of hydrogen-bond donors (Lipinski definition) is 1. The topological polar surface area (TPSA) is 88.4 Å². The predicted molar refractivity (Wildman–Crippen MR) is 78.1 cm³/mol. The summed E-state index contributed by atoms with van der Waals surface area (Å²) >= 11 is 0. The molecule has 1 aromatic rings. The molecule has 0 aliphatic heterocycles. The molecule has 0 aliphatic rings. The van der Waals surface area contributed by atoms with E-state index in [-0.39, 0.29) is 11.4 Å². The van der Waals surface area contributed by atoms with Gasteiger partial charge in [-0.15, -0.1) is 0 Å². The molecule has 21 heavy (non-hydrogen) atoms. The van der Waals surface area contributed by atoms with E-state index < -0.39 is 16.3 Å². The van der Waals surface area contributed by atoms with Crippen LogP contribution in [-0.2, 0) is 19.5 Å². The molecule has 0 radical (unpaired) electrons. The molecule has 0 heterocycles. The largest absolute Gasteiger partial charge is 0.352 e. The zero-order valence-electron chi connectivity index (χ0n) is 12.4. The third kappa shape index (κ3) is 5.10. The Morgan fingerprint density at radius 1 is 1.29 bits per heavy atom. The van der Waals surface area contributed by atoms with Gasteiger partial charge >= 0.3 is 0 Å². The van der Waals surface area contributed by atoms with Gasteiger partial charge in [-0.2, -0.15) is 5.26 Å². The summed E-state index contributed by atoms with van der Waals surface area (Å²) in [5.74, 6) is 0. The van der Waals surface area contributed by atoms with Crippen LogP contribution in [0.3, 0.4) is 0 Å². The first-order valence-electron chi connectivity index (χ1n) is 6.68. The van der Waals surface area contributed by atoms with E-state index in [1.807, 2.05) is 19.9 Å². The Morgan fingerprint density at radius 2 is 1.90 bits per heavy atom. The average molecular weight is 312 g/mol. The monoisotopic (exact) mass is 312 g/mol. The standard InChI is InChI=1S/C14H20N2O4S/c1-4-19-14(20-5-2)10-16-21(17,18)13-7-6-12(9-15)11(3)8-13/h6-8,14,16H,4-5,10H2,1-3H3. The molecule has 0 bridgehead atoms. The SMILES string of the molecule is CCOC(CNS(=O)(=O)c1ccc(C#N)c(C)c1)OCC. The van der Waals surface area contributed by atoms with E-state index in [2.05, 4.69) is 4.72 Å². The fourth-order valence-electron chi connectivity index (χ4n) is 1.73. The fourth-order valence-corrected chi connectivity index (χ4v) is 2.83. The lowest BCUT2D eigenvalue weighted by Gasteiger charge is -2.17. The molecule has 1 N–H and O–H groups in total. The smallest absolute Gasteiger partial charge is 0.240 e. The van der Waals surface area contributed by atoms with Crippen molar-refractivity contribution in [2.75, 3.05) is 19.8 Å². The van der Waals surface area contributed by atoms with E-state index in [0.717, 1.165) is 0 Å². The minimum absolute atomic E-state index is 0.0308. The second-order valence-electron chi connectivity index (χ2n) is 4.28. The van der Waals surface area contributed by atoms with Gasteiger partial charge in [-0.25, -0.2) is 13.1 Å². The molecule has 1 aromatic carbocycles. The van der Waals surface area contributed by atoms with Crippen molar-refractivity contribution < 1.29 is 17.9 Å². The molecule has 0 unspecified atom stereocenters. The molecule has 1 rings (SSSR count). The summed E-state index contributed by atoms with van der Waals surface area (Å²) in [7, 11) is -3.66. The highest BCUT2D eigenvalue weighted by Crippen LogP contribution is 2.14. The first-order valence-corrected chi connectivity index (χ1v) is 8.16. The van der Waals surface area contributed by atoms with Crippen molar-refractivity contribution in [3.63, 3.8) is 0 Å². The van der Waals surface area contributed by atoms with Crippen molar-refractivity contribution in [3.8, 4) is 6.07 Å². The van der Waals surface area contributed by atoms with Crippen molar-refractivity contribution in [2.24, 2.45) is 0 Å². The highest BCUT2D eigenvalue weighted by molar-refractivity contribution is 7.89. The lowest BCUT2D eigenvalue weighted by molar-refractivity contribution is -0.130. The Morgan fingerprint density at radius 3 is 2.38 bits per heavy atom. The van der Waals surface area contributed by atoms with E-state index in [1.165, 1.54) is 18.2 Å². The summed E-state index contributed by atoms with van der Waals surface area (Å²) in [5.41, 5.74) is 1.07. The molecular formula is C14H20N2O4S. The molecule has 0 atom stereocenters. The van der Waals surface area contributed by atoms with Gasteiger partial charge in [0.15, 0.2) is 6.29 Å². The molecule has 0 aromatic heterocycles. The van der Waals surface area contributed by atoms with Crippen LogP contribution in [0.2, 0.25) is 0 Å². The summed E-state index contributed by atoms with van der Waals surface area (Å²) < 4.78 is 37.4. The number of hydrogen-bond acceptors (Lipinski definition) is 5. The van der Waals surface area contributed by atoms with Gasteiger partial charge in [-0.05, 0) is 44.5 Å². The van der Waals surface area contributed by atoms with Crippen LogP contribution < -0.4 is 4.72 Å². The molecule has 7 heteroatoms. The number of sulfonamides is 1. The van der Waals surface area contributed by atoms with Crippen molar-refractivity contribution in [2.45, 2.75) is 32.0 Å². The van der Waals surface area contributed by atoms with E-state index in [1.54, 1.807) is 6.92 Å². The van der Waals surface area contributed by atoms with Gasteiger partial charge in [0.05, 0.1) is 23.1 Å². The first kappa shape index (κ1) is 17.6. The minimum atomic E-state index is -3.66. The number of nitriles is 1. The summed E-state index contributed by atoms with van der Waals surface area (Å²) in [6.45, 7) is 6.21. The highest BCUT2D eigenvalue weighted by atomic mass is 32.2. The summed E-state index contributed by atoms with van der Waals surface area (Å²) in [6, 6.07) is 6.37. The number of ether oxygens (including phenoxy) is 2. The van der Waals surface area contributed by atoms with Gasteiger partial charge in [-0.3, -0.25) is 0 Å². The van der Waals surface area contributed by atoms with E-state index in [0.29, 0.717) is 24.3 Å². The van der Waals surface area contributed by atoms with Gasteiger partial charge in [-0.1, -0.05) is 0 Å². The normalized spacial score (nSPS) is 11.6. The molecule has 116 valence electrons. The Balaban J connectivity index is 2.82. The minimum Gasteiger partial charge on any atom is -0.352 e. The van der Waals surface area contributed by atoms with Gasteiger partial charge in [0.25, 0.3) is 0 Å². The van der Waals surface area contributed by atoms with Crippen molar-refractivity contribution >= 4 is 10.0 Å². The lowest BCUT2D eigenvalue weighted by atomic mass is 10.1. The van der Waals surface area contributed by atoms with E-state index >= 15 is 0 Å². The van der Waals surface area contributed by atoms with Crippen LogP contribution in [-0.4, -0.2) is 34.5 Å². The number of nitrogens with zero attached hydrogens (tertiary/aromatic N) is 1. The Hall–Kier alpha value is -1.46. The summed E-state index contributed by atoms with van der Waals surface area (Å²) in [6.07, 6.45) is -0.616. The van der Waals surface area contributed by atoms with Gasteiger partial charge in [0, 0.05) is 13.2 Å². The average Bonchev–Trinajstić information content (AvgIpc) is 2.45. The molecule has 0 aliphatic carbocycles. The zero-order chi connectivity index (χ0) is 15.9. The Labute approximate surface area is 125 Å². The fraction of sp³-hybridized carbons (Fsp3) is 0.500. The van der Waals surface area contributed by atoms with Crippen LogP contribution in [0.5, 0.6) is 0 Å². The Bertz CT molecular complexity index is 602. The summed E-state index contributed by atoms with van der Waals surface area (Å²) in [5, 5.41) is 8.86. The van der Waals surface area contributed by atoms with Crippen LogP contribution in [0.1, 0.15) is 25.0 Å². The predicted octanol–water partition coefficient (Wildman–Crippen LogP) is 1.54.